The van der Waals surface area contributed by atoms with Crippen LogP contribution in [-0.4, -0.2) is 54.3 Å². The molecule has 16 heavy (non-hydrogen) atoms. The van der Waals surface area contributed by atoms with E-state index in [2.05, 4.69) is 15.3 Å². The highest BCUT2D eigenvalue weighted by Crippen LogP contribution is 1.95. The first kappa shape index (κ1) is 14.6. The van der Waals surface area contributed by atoms with Crippen LogP contribution in [0.5, 0.6) is 0 Å². The second-order valence-electron chi connectivity index (χ2n) is 2.60. The molecule has 0 rings (SSSR count). The van der Waals surface area contributed by atoms with Crippen molar-refractivity contribution in [1.82, 2.24) is 10.3 Å². The number of aliphatic hydroxyl groups is 1. The molecule has 9 heteroatoms. The summed E-state index contributed by atoms with van der Waals surface area (Å²) in [5.74, 6) is -0.811. The van der Waals surface area contributed by atoms with Gasteiger partial charge in [0.05, 0.1) is 25.5 Å². The van der Waals surface area contributed by atoms with Crippen LogP contribution >= 0.6 is 11.6 Å². The minimum Gasteiger partial charge on any atom is -0.467 e. The number of rotatable bonds is 6. The summed E-state index contributed by atoms with van der Waals surface area (Å²) in [5.41, 5.74) is 0. The van der Waals surface area contributed by atoms with Crippen LogP contribution in [-0.2, 0) is 9.53 Å². The van der Waals surface area contributed by atoms with Crippen molar-refractivity contribution < 1.29 is 19.4 Å². The van der Waals surface area contributed by atoms with Crippen LogP contribution < -0.4 is 5.32 Å². The number of carbonyl (C=O) groups excluding carboxylic acids is 2. The summed E-state index contributed by atoms with van der Waals surface area (Å²) >= 11 is 5.32. The molecule has 0 saturated heterocycles. The minimum atomic E-state index is -1.24. The summed E-state index contributed by atoms with van der Waals surface area (Å²) < 4.78 is 4.31. The summed E-state index contributed by atoms with van der Waals surface area (Å²) in [6.07, 6.45) is 0. The Kier molecular flexibility index (Phi) is 7.14. The SMILES string of the molecule is COC(=O)[C@H](CO)NC(=O)N(CCCl)N=O. The van der Waals surface area contributed by atoms with Gasteiger partial charge in [0.2, 0.25) is 0 Å². The van der Waals surface area contributed by atoms with E-state index in [4.69, 9.17) is 16.7 Å². The quantitative estimate of drug-likeness (QED) is 0.286. The van der Waals surface area contributed by atoms with Crippen LogP contribution in [0.25, 0.3) is 0 Å². The van der Waals surface area contributed by atoms with Gasteiger partial charge in [-0.15, -0.1) is 16.5 Å². The average molecular weight is 254 g/mol. The number of hydrogen-bond acceptors (Lipinski definition) is 6. The summed E-state index contributed by atoms with van der Waals surface area (Å²) in [7, 11) is 1.10. The van der Waals surface area contributed by atoms with Crippen molar-refractivity contribution in [3.8, 4) is 0 Å². The standard InChI is InChI=1S/C7H12ClN3O5/c1-16-6(13)5(4-12)9-7(14)11(10-15)3-2-8/h5,12H,2-4H2,1H3,(H,9,14)/t5-/m0/s1. The van der Waals surface area contributed by atoms with Crippen molar-refractivity contribution in [1.29, 1.82) is 0 Å². The lowest BCUT2D eigenvalue weighted by Crippen LogP contribution is -2.48. The van der Waals surface area contributed by atoms with Gasteiger partial charge in [0.25, 0.3) is 0 Å². The third-order valence-corrected chi connectivity index (χ3v) is 1.76. The number of urea groups is 1. The fraction of sp³-hybridized carbons (Fsp3) is 0.714. The first-order chi connectivity index (χ1) is 7.60. The van der Waals surface area contributed by atoms with Crippen LogP contribution in [0.15, 0.2) is 5.29 Å². The van der Waals surface area contributed by atoms with E-state index in [-0.39, 0.29) is 12.4 Å². The number of nitrogens with one attached hydrogen (secondary N) is 1. The maximum atomic E-state index is 11.3. The van der Waals surface area contributed by atoms with Crippen LogP contribution in [0.2, 0.25) is 0 Å². The molecule has 0 radical (unpaired) electrons. The fourth-order valence-electron chi connectivity index (χ4n) is 0.804. The number of esters is 1. The number of nitroso groups, excluding NO2 is 1. The zero-order valence-corrected chi connectivity index (χ0v) is 9.31. The molecule has 0 aliphatic carbocycles. The van der Waals surface area contributed by atoms with Gasteiger partial charge in [-0.3, -0.25) is 0 Å². The molecule has 2 N–H and O–H groups in total. The topological polar surface area (TPSA) is 108 Å². The van der Waals surface area contributed by atoms with Crippen molar-refractivity contribution in [2.24, 2.45) is 5.29 Å². The highest BCUT2D eigenvalue weighted by atomic mass is 35.5. The van der Waals surface area contributed by atoms with E-state index >= 15 is 0 Å². The Labute approximate surface area is 96.4 Å². The van der Waals surface area contributed by atoms with Crippen LogP contribution in [0.3, 0.4) is 0 Å². The van der Waals surface area contributed by atoms with Gasteiger partial charge in [-0.25, -0.2) is 9.59 Å². The molecule has 1 atom stereocenters. The number of carbonyl (C=O) groups is 2. The smallest absolute Gasteiger partial charge is 0.341 e. The number of ether oxygens (including phenoxy) is 1. The van der Waals surface area contributed by atoms with Crippen molar-refractivity contribution in [3.63, 3.8) is 0 Å². The van der Waals surface area contributed by atoms with E-state index in [0.29, 0.717) is 5.01 Å². The Bertz CT molecular complexity index is 262. The summed E-state index contributed by atoms with van der Waals surface area (Å²) in [4.78, 5) is 32.5. The molecule has 0 saturated carbocycles. The van der Waals surface area contributed by atoms with Gasteiger partial charge in [0.1, 0.15) is 0 Å². The zero-order chi connectivity index (χ0) is 12.6. The lowest BCUT2D eigenvalue weighted by molar-refractivity contribution is -0.143. The maximum Gasteiger partial charge on any atom is 0.341 e. The average Bonchev–Trinajstić information content (AvgIpc) is 2.31. The number of nitrogens with zero attached hydrogens (tertiary/aromatic N) is 2. The Morgan fingerprint density at radius 1 is 1.62 bits per heavy atom. The van der Waals surface area contributed by atoms with Crippen LogP contribution in [0.4, 0.5) is 4.79 Å². The largest absolute Gasteiger partial charge is 0.467 e. The van der Waals surface area contributed by atoms with Crippen LogP contribution in [0.1, 0.15) is 0 Å². The van der Waals surface area contributed by atoms with Crippen molar-refractivity contribution in [2.45, 2.75) is 6.04 Å². The van der Waals surface area contributed by atoms with Crippen molar-refractivity contribution in [2.75, 3.05) is 26.1 Å². The van der Waals surface area contributed by atoms with Crippen molar-refractivity contribution in [3.05, 3.63) is 4.91 Å². The summed E-state index contributed by atoms with van der Waals surface area (Å²) in [6, 6.07) is -2.17. The van der Waals surface area contributed by atoms with E-state index in [0.717, 1.165) is 7.11 Å². The van der Waals surface area contributed by atoms with E-state index in [1.807, 2.05) is 0 Å². The first-order valence-electron chi connectivity index (χ1n) is 4.26. The second-order valence-corrected chi connectivity index (χ2v) is 2.98. The third kappa shape index (κ3) is 4.41. The molecule has 0 aliphatic heterocycles. The number of methoxy groups -OCH3 is 1. The Morgan fingerprint density at radius 3 is 2.62 bits per heavy atom. The molecular weight excluding hydrogens is 242 g/mol. The van der Waals surface area contributed by atoms with Gasteiger partial charge in [-0.05, 0) is 0 Å². The number of amides is 2. The number of halogens is 1. The second kappa shape index (κ2) is 7.83. The summed E-state index contributed by atoms with van der Waals surface area (Å²) in [6.45, 7) is -0.748. The normalized spacial score (nSPS) is 11.4. The van der Waals surface area contributed by atoms with Gasteiger partial charge in [-0.1, -0.05) is 0 Å². The molecule has 0 aromatic carbocycles. The molecular formula is C7H12ClN3O5. The van der Waals surface area contributed by atoms with Crippen molar-refractivity contribution >= 4 is 23.6 Å². The van der Waals surface area contributed by atoms with Crippen LogP contribution in [0, 0.1) is 4.91 Å². The molecule has 0 aliphatic rings. The number of aliphatic hydroxyl groups excluding tert-OH is 1. The van der Waals surface area contributed by atoms with Gasteiger partial charge in [0.15, 0.2) is 6.04 Å². The van der Waals surface area contributed by atoms with E-state index in [1.165, 1.54) is 0 Å². The molecule has 2 amide bonds. The Hall–Kier alpha value is -1.41. The molecule has 92 valence electrons. The highest BCUT2D eigenvalue weighted by molar-refractivity contribution is 6.18. The van der Waals surface area contributed by atoms with E-state index in [1.54, 1.807) is 0 Å². The number of alkyl halides is 1. The Morgan fingerprint density at radius 2 is 2.25 bits per heavy atom. The minimum absolute atomic E-state index is 0.0151. The van der Waals surface area contributed by atoms with Gasteiger partial charge in [-0.2, -0.15) is 5.01 Å². The summed E-state index contributed by atoms with van der Waals surface area (Å²) in [5, 5.41) is 13.8. The van der Waals surface area contributed by atoms with Gasteiger partial charge >= 0.3 is 12.0 Å². The highest BCUT2D eigenvalue weighted by Gasteiger charge is 2.23. The first-order valence-corrected chi connectivity index (χ1v) is 4.80. The molecule has 0 aromatic heterocycles. The Balaban J connectivity index is 4.38. The predicted molar refractivity (Wildman–Crippen MR) is 54.6 cm³/mol. The van der Waals surface area contributed by atoms with E-state index in [9.17, 15) is 14.5 Å². The fourth-order valence-corrected chi connectivity index (χ4v) is 0.965. The molecule has 8 nitrogen and oxygen atoms in total. The van der Waals surface area contributed by atoms with Gasteiger partial charge < -0.3 is 15.2 Å². The third-order valence-electron chi connectivity index (χ3n) is 1.60. The number of hydrogen-bond donors (Lipinski definition) is 2. The molecule has 0 fully saturated rings. The predicted octanol–water partition coefficient (Wildman–Crippen LogP) is -0.548. The molecule has 0 spiro atoms. The maximum absolute atomic E-state index is 11.3. The van der Waals surface area contributed by atoms with Gasteiger partial charge in [0, 0.05) is 5.88 Å². The molecule has 0 bridgehead atoms. The molecule has 0 aromatic rings. The molecule has 0 heterocycles. The monoisotopic (exact) mass is 253 g/mol. The van der Waals surface area contributed by atoms with E-state index < -0.39 is 24.6 Å². The molecule has 0 unspecified atom stereocenters. The zero-order valence-electron chi connectivity index (χ0n) is 8.55. The lowest BCUT2D eigenvalue weighted by Gasteiger charge is -2.17. The lowest BCUT2D eigenvalue weighted by atomic mass is 10.3.